The van der Waals surface area contributed by atoms with Gasteiger partial charge in [-0.1, -0.05) is 0 Å². The molecule has 124 valence electrons. The second kappa shape index (κ2) is 6.56. The number of hydrogen-bond donors (Lipinski definition) is 4. The van der Waals surface area contributed by atoms with Gasteiger partial charge in [0.1, 0.15) is 5.60 Å². The smallest absolute Gasteiger partial charge is 0.408 e. The Morgan fingerprint density at radius 3 is 2.14 bits per heavy atom. The standard InChI is InChI=1S/C13H20N2O7/c1-7(16)10(14-12(20)21-13(2,3)4)11(19)22-15-8(17)5-6-9(15)18/h5-7,10,16-18H,1-4H3,(H,14,20)/t7-,10+/m1/s1. The highest BCUT2D eigenvalue weighted by atomic mass is 16.7. The summed E-state index contributed by atoms with van der Waals surface area (Å²) in [7, 11) is 0. The minimum atomic E-state index is -1.45. The summed E-state index contributed by atoms with van der Waals surface area (Å²) in [6.07, 6.45) is -2.21. The van der Waals surface area contributed by atoms with Crippen molar-refractivity contribution in [3.63, 3.8) is 0 Å². The number of nitrogens with one attached hydrogen (secondary N) is 1. The van der Waals surface area contributed by atoms with Crippen LogP contribution in [-0.4, -0.2) is 49.9 Å². The molecule has 0 fully saturated rings. The number of ether oxygens (including phenoxy) is 1. The first-order chi connectivity index (χ1) is 10.0. The van der Waals surface area contributed by atoms with Crippen molar-refractivity contribution in [3.05, 3.63) is 12.1 Å². The lowest BCUT2D eigenvalue weighted by molar-refractivity contribution is -0.150. The molecule has 0 radical (unpaired) electrons. The van der Waals surface area contributed by atoms with E-state index in [1.165, 1.54) is 6.92 Å². The Kier molecular flexibility index (Phi) is 5.26. The summed E-state index contributed by atoms with van der Waals surface area (Å²) >= 11 is 0. The van der Waals surface area contributed by atoms with Crippen molar-refractivity contribution in [2.24, 2.45) is 0 Å². The molecule has 0 spiro atoms. The van der Waals surface area contributed by atoms with E-state index in [1.807, 2.05) is 0 Å². The van der Waals surface area contributed by atoms with Gasteiger partial charge in [-0.05, 0) is 27.7 Å². The molecule has 0 aliphatic heterocycles. The molecule has 4 N–H and O–H groups in total. The third kappa shape index (κ3) is 4.85. The zero-order chi connectivity index (χ0) is 17.1. The minimum Gasteiger partial charge on any atom is -0.492 e. The van der Waals surface area contributed by atoms with Crippen LogP contribution in [0.15, 0.2) is 12.1 Å². The van der Waals surface area contributed by atoms with Crippen LogP contribution >= 0.6 is 0 Å². The Balaban J connectivity index is 2.79. The second-order valence-corrected chi connectivity index (χ2v) is 5.62. The zero-order valence-electron chi connectivity index (χ0n) is 12.7. The normalized spacial score (nSPS) is 14.0. The van der Waals surface area contributed by atoms with Crippen molar-refractivity contribution in [2.45, 2.75) is 45.4 Å². The maximum absolute atomic E-state index is 12.0. The Morgan fingerprint density at radius 1 is 1.23 bits per heavy atom. The van der Waals surface area contributed by atoms with E-state index in [2.05, 4.69) is 5.32 Å². The predicted molar refractivity (Wildman–Crippen MR) is 74.2 cm³/mol. The lowest BCUT2D eigenvalue weighted by Crippen LogP contribution is -2.51. The average Bonchev–Trinajstić information content (AvgIpc) is 2.65. The van der Waals surface area contributed by atoms with Crippen molar-refractivity contribution in [1.82, 2.24) is 10.0 Å². The first kappa shape index (κ1) is 17.6. The lowest BCUT2D eigenvalue weighted by atomic mass is 10.2. The molecule has 0 saturated carbocycles. The summed E-state index contributed by atoms with van der Waals surface area (Å²) in [5.74, 6) is -2.14. The van der Waals surface area contributed by atoms with E-state index < -0.39 is 41.6 Å². The minimum absolute atomic E-state index is 0.453. The highest BCUT2D eigenvalue weighted by Gasteiger charge is 2.31. The number of nitrogens with zero attached hydrogens (tertiary/aromatic N) is 1. The van der Waals surface area contributed by atoms with Gasteiger partial charge in [0, 0.05) is 12.1 Å². The lowest BCUT2D eigenvalue weighted by Gasteiger charge is -2.24. The van der Waals surface area contributed by atoms with Crippen LogP contribution in [-0.2, 0) is 9.53 Å². The van der Waals surface area contributed by atoms with Crippen LogP contribution in [0.3, 0.4) is 0 Å². The molecule has 2 atom stereocenters. The summed E-state index contributed by atoms with van der Waals surface area (Å²) < 4.78 is 5.43. The highest BCUT2D eigenvalue weighted by Crippen LogP contribution is 2.19. The van der Waals surface area contributed by atoms with E-state index in [0.29, 0.717) is 4.73 Å². The fraction of sp³-hybridized carbons (Fsp3) is 0.538. The van der Waals surface area contributed by atoms with E-state index >= 15 is 0 Å². The Hall–Kier alpha value is -2.42. The highest BCUT2D eigenvalue weighted by molar-refractivity contribution is 5.82. The molecular formula is C13H20N2O7. The first-order valence-electron chi connectivity index (χ1n) is 6.50. The molecule has 0 aliphatic rings. The van der Waals surface area contributed by atoms with E-state index in [9.17, 15) is 24.9 Å². The second-order valence-electron chi connectivity index (χ2n) is 5.62. The van der Waals surface area contributed by atoms with Crippen molar-refractivity contribution < 1.29 is 34.5 Å². The maximum Gasteiger partial charge on any atom is 0.408 e. The number of rotatable bonds is 4. The number of aromatic nitrogens is 1. The van der Waals surface area contributed by atoms with Gasteiger partial charge in [-0.25, -0.2) is 9.59 Å². The number of aliphatic hydroxyl groups excluding tert-OH is 1. The van der Waals surface area contributed by atoms with Crippen LogP contribution < -0.4 is 10.2 Å². The van der Waals surface area contributed by atoms with Crippen LogP contribution in [0.1, 0.15) is 27.7 Å². The number of amides is 1. The van der Waals surface area contributed by atoms with E-state index in [1.54, 1.807) is 20.8 Å². The van der Waals surface area contributed by atoms with Crippen LogP contribution in [0.25, 0.3) is 0 Å². The molecular weight excluding hydrogens is 296 g/mol. The van der Waals surface area contributed by atoms with Gasteiger partial charge in [-0.15, -0.1) is 4.73 Å². The third-order valence-electron chi connectivity index (χ3n) is 2.39. The van der Waals surface area contributed by atoms with Gasteiger partial charge in [0.2, 0.25) is 11.8 Å². The van der Waals surface area contributed by atoms with Crippen molar-refractivity contribution >= 4 is 12.1 Å². The summed E-state index contributed by atoms with van der Waals surface area (Å²) in [5.41, 5.74) is -0.784. The Bertz CT molecular complexity index is 526. The largest absolute Gasteiger partial charge is 0.492 e. The first-order valence-corrected chi connectivity index (χ1v) is 6.50. The molecule has 9 nitrogen and oxygen atoms in total. The van der Waals surface area contributed by atoms with Gasteiger partial charge in [-0.2, -0.15) is 0 Å². The number of hydrogen-bond acceptors (Lipinski definition) is 7. The molecule has 1 amide bonds. The fourth-order valence-electron chi connectivity index (χ4n) is 1.45. The molecule has 0 saturated heterocycles. The topological polar surface area (TPSA) is 130 Å². The van der Waals surface area contributed by atoms with Crippen LogP contribution in [0.5, 0.6) is 11.8 Å². The number of aliphatic hydroxyl groups is 1. The van der Waals surface area contributed by atoms with E-state index in [0.717, 1.165) is 12.1 Å². The molecule has 0 unspecified atom stereocenters. The zero-order valence-corrected chi connectivity index (χ0v) is 12.7. The van der Waals surface area contributed by atoms with Gasteiger partial charge in [0.25, 0.3) is 0 Å². The quantitative estimate of drug-likeness (QED) is 0.621. The Labute approximate surface area is 127 Å². The van der Waals surface area contributed by atoms with E-state index in [-0.39, 0.29) is 0 Å². The number of alkyl carbamates (subject to hydrolysis) is 1. The van der Waals surface area contributed by atoms with Crippen LogP contribution in [0.2, 0.25) is 0 Å². The van der Waals surface area contributed by atoms with Gasteiger partial charge in [-0.3, -0.25) is 0 Å². The summed E-state index contributed by atoms with van der Waals surface area (Å²) in [5, 5.41) is 30.5. The molecule has 0 bridgehead atoms. The predicted octanol–water partition coefficient (Wildman–Crippen LogP) is 0.129. The van der Waals surface area contributed by atoms with Gasteiger partial charge < -0.3 is 30.2 Å². The Morgan fingerprint density at radius 2 is 1.73 bits per heavy atom. The monoisotopic (exact) mass is 316 g/mol. The van der Waals surface area contributed by atoms with Crippen LogP contribution in [0.4, 0.5) is 4.79 Å². The SMILES string of the molecule is C[C@@H](O)[C@H](NC(=O)OC(C)(C)C)C(=O)On1c(O)ccc1O. The molecule has 1 rings (SSSR count). The fourth-order valence-corrected chi connectivity index (χ4v) is 1.45. The number of carbonyl (C=O) groups excluding carboxylic acids is 2. The summed E-state index contributed by atoms with van der Waals surface area (Å²) in [6, 6.07) is 0.749. The molecule has 1 aromatic rings. The van der Waals surface area contributed by atoms with Crippen molar-refractivity contribution in [3.8, 4) is 11.8 Å². The maximum atomic E-state index is 12.0. The third-order valence-corrected chi connectivity index (χ3v) is 2.39. The van der Waals surface area contributed by atoms with Crippen molar-refractivity contribution in [2.75, 3.05) is 0 Å². The number of carbonyl (C=O) groups is 2. The van der Waals surface area contributed by atoms with Gasteiger partial charge in [0.15, 0.2) is 6.04 Å². The van der Waals surface area contributed by atoms with Crippen LogP contribution in [0, 0.1) is 0 Å². The molecule has 22 heavy (non-hydrogen) atoms. The molecule has 1 heterocycles. The van der Waals surface area contributed by atoms with Crippen molar-refractivity contribution in [1.29, 1.82) is 0 Å². The average molecular weight is 316 g/mol. The molecule has 9 heteroatoms. The molecule has 0 aromatic carbocycles. The van der Waals surface area contributed by atoms with Gasteiger partial charge >= 0.3 is 12.1 Å². The van der Waals surface area contributed by atoms with E-state index in [4.69, 9.17) is 9.57 Å². The number of aromatic hydroxyl groups is 2. The van der Waals surface area contributed by atoms with Gasteiger partial charge in [0.05, 0.1) is 6.10 Å². The molecule has 0 aliphatic carbocycles. The summed E-state index contributed by atoms with van der Waals surface area (Å²) in [6.45, 7) is 6.17. The summed E-state index contributed by atoms with van der Waals surface area (Å²) in [4.78, 5) is 28.3. The molecule has 1 aromatic heterocycles.